The van der Waals surface area contributed by atoms with Crippen LogP contribution in [-0.2, 0) is 12.3 Å². The second kappa shape index (κ2) is 6.24. The topological polar surface area (TPSA) is 0 Å². The third kappa shape index (κ3) is 3.42. The first kappa shape index (κ1) is 19.6. The number of alkyl halides is 9. The number of halogens is 9. The van der Waals surface area contributed by atoms with Crippen molar-refractivity contribution >= 4 is 0 Å². The molecular formula is C14H13F9. The monoisotopic (exact) mass is 352 g/mol. The molecule has 0 aliphatic rings. The summed E-state index contributed by atoms with van der Waals surface area (Å²) in [7, 11) is 0. The number of benzene rings is 1. The van der Waals surface area contributed by atoms with Gasteiger partial charge in [-0.25, -0.2) is 0 Å². The molecule has 1 aromatic rings. The molecule has 0 spiro atoms. The fourth-order valence-electron chi connectivity index (χ4n) is 1.86. The van der Waals surface area contributed by atoms with Crippen molar-refractivity contribution in [2.24, 2.45) is 0 Å². The average Bonchev–Trinajstić information content (AvgIpc) is 2.43. The summed E-state index contributed by atoms with van der Waals surface area (Å²) in [4.78, 5) is 0. The largest absolute Gasteiger partial charge is 0.460 e. The lowest BCUT2D eigenvalue weighted by molar-refractivity contribution is -0.399. The molecule has 0 aliphatic carbocycles. The third-order valence-corrected chi connectivity index (χ3v) is 3.25. The van der Waals surface area contributed by atoms with Crippen molar-refractivity contribution in [2.75, 3.05) is 0 Å². The summed E-state index contributed by atoms with van der Waals surface area (Å²) in [6, 6.07) is 3.14. The highest BCUT2D eigenvalue weighted by Crippen LogP contribution is 2.56. The highest BCUT2D eigenvalue weighted by atomic mass is 19.4. The number of hydrogen-bond acceptors (Lipinski definition) is 0. The average molecular weight is 352 g/mol. The molecule has 0 heterocycles. The van der Waals surface area contributed by atoms with Gasteiger partial charge in [0.15, 0.2) is 0 Å². The van der Waals surface area contributed by atoms with E-state index in [1.54, 1.807) is 6.92 Å². The fourth-order valence-corrected chi connectivity index (χ4v) is 1.86. The molecule has 0 fully saturated rings. The molecule has 23 heavy (non-hydrogen) atoms. The molecule has 0 aliphatic heterocycles. The number of rotatable bonds is 6. The maximum absolute atomic E-state index is 13.7. The molecule has 0 saturated carbocycles. The summed E-state index contributed by atoms with van der Waals surface area (Å²) in [5.41, 5.74) is -1.44. The first-order valence-corrected chi connectivity index (χ1v) is 6.58. The second-order valence-electron chi connectivity index (χ2n) is 5.02. The molecule has 0 aromatic heterocycles. The van der Waals surface area contributed by atoms with Gasteiger partial charge in [-0.1, -0.05) is 31.5 Å². The summed E-state index contributed by atoms with van der Waals surface area (Å²) < 4.78 is 116. The normalized spacial score (nSPS) is 14.2. The van der Waals surface area contributed by atoms with Crippen LogP contribution in [0.25, 0.3) is 0 Å². The Morgan fingerprint density at radius 2 is 1.39 bits per heavy atom. The quantitative estimate of drug-likeness (QED) is 0.555. The van der Waals surface area contributed by atoms with Crippen molar-refractivity contribution in [2.45, 2.75) is 50.1 Å². The minimum atomic E-state index is -6.87. The Bertz CT molecular complexity index is 531. The van der Waals surface area contributed by atoms with Crippen molar-refractivity contribution < 1.29 is 39.5 Å². The summed E-state index contributed by atoms with van der Waals surface area (Å²) in [6.45, 7) is 1.77. The van der Waals surface area contributed by atoms with Gasteiger partial charge in [0, 0.05) is 5.56 Å². The number of aryl methyl sites for hydroxylation is 1. The predicted octanol–water partition coefficient (Wildman–Crippen LogP) is 5.95. The SMILES string of the molecule is CCCCc1cccc(C(F)(F)C(F)(F)C(F)(F)C(F)(F)F)c1. The molecular weight excluding hydrogens is 339 g/mol. The second-order valence-corrected chi connectivity index (χ2v) is 5.02. The van der Waals surface area contributed by atoms with Crippen molar-refractivity contribution in [3.05, 3.63) is 35.4 Å². The zero-order valence-electron chi connectivity index (χ0n) is 11.8. The summed E-state index contributed by atoms with van der Waals surface area (Å²) in [5.74, 6) is -19.2. The Kier molecular flexibility index (Phi) is 5.33. The lowest BCUT2D eigenvalue weighted by atomic mass is 9.94. The van der Waals surface area contributed by atoms with E-state index in [1.165, 1.54) is 6.07 Å². The van der Waals surface area contributed by atoms with Crippen LogP contribution in [-0.4, -0.2) is 18.0 Å². The van der Waals surface area contributed by atoms with E-state index in [1.807, 2.05) is 0 Å². The minimum absolute atomic E-state index is 0.148. The van der Waals surface area contributed by atoms with E-state index in [2.05, 4.69) is 0 Å². The van der Waals surface area contributed by atoms with Gasteiger partial charge in [-0.2, -0.15) is 39.5 Å². The van der Waals surface area contributed by atoms with Crippen LogP contribution < -0.4 is 0 Å². The number of unbranched alkanes of at least 4 members (excludes halogenated alkanes) is 1. The van der Waals surface area contributed by atoms with Crippen LogP contribution in [0, 0.1) is 0 Å². The molecule has 132 valence electrons. The summed E-state index contributed by atoms with van der Waals surface area (Å²) in [6.07, 6.45) is -5.42. The maximum Gasteiger partial charge on any atom is 0.460 e. The van der Waals surface area contributed by atoms with Crippen LogP contribution in [0.3, 0.4) is 0 Å². The van der Waals surface area contributed by atoms with Gasteiger partial charge in [0.2, 0.25) is 0 Å². The fraction of sp³-hybridized carbons (Fsp3) is 0.571. The maximum atomic E-state index is 13.7. The molecule has 1 aromatic carbocycles. The first-order chi connectivity index (χ1) is 10.3. The van der Waals surface area contributed by atoms with Gasteiger partial charge in [-0.05, 0) is 24.5 Å². The van der Waals surface area contributed by atoms with E-state index in [0.29, 0.717) is 25.0 Å². The van der Waals surface area contributed by atoms with Gasteiger partial charge in [-0.3, -0.25) is 0 Å². The lowest BCUT2D eigenvalue weighted by Crippen LogP contribution is -2.59. The minimum Gasteiger partial charge on any atom is -0.194 e. The molecule has 1 rings (SSSR count). The van der Waals surface area contributed by atoms with Crippen LogP contribution in [0.1, 0.15) is 30.9 Å². The smallest absolute Gasteiger partial charge is 0.194 e. The van der Waals surface area contributed by atoms with E-state index in [4.69, 9.17) is 0 Å². The molecule has 9 heteroatoms. The zero-order chi connectivity index (χ0) is 18.1. The van der Waals surface area contributed by atoms with Gasteiger partial charge >= 0.3 is 23.9 Å². The van der Waals surface area contributed by atoms with Gasteiger partial charge in [0.25, 0.3) is 0 Å². The third-order valence-electron chi connectivity index (χ3n) is 3.25. The molecule has 0 N–H and O–H groups in total. The summed E-state index contributed by atoms with van der Waals surface area (Å²) in [5, 5.41) is 0. The molecule has 0 amide bonds. The predicted molar refractivity (Wildman–Crippen MR) is 64.9 cm³/mol. The highest BCUT2D eigenvalue weighted by molar-refractivity contribution is 5.29. The van der Waals surface area contributed by atoms with Crippen LogP contribution in [0.4, 0.5) is 39.5 Å². The Morgan fingerprint density at radius 1 is 0.826 bits per heavy atom. The molecule has 0 radical (unpaired) electrons. The molecule has 0 atom stereocenters. The van der Waals surface area contributed by atoms with Gasteiger partial charge < -0.3 is 0 Å². The highest BCUT2D eigenvalue weighted by Gasteiger charge is 2.81. The van der Waals surface area contributed by atoms with E-state index < -0.39 is 29.5 Å². The standard InChI is InChI=1S/C14H13F9/c1-2-3-5-9-6-4-7-10(8-9)11(15,16)12(17,18)13(19,20)14(21,22)23/h4,6-8H,2-3,5H2,1H3. The zero-order valence-corrected chi connectivity index (χ0v) is 11.8. The number of hydrogen-bond donors (Lipinski definition) is 0. The van der Waals surface area contributed by atoms with Crippen LogP contribution in [0.5, 0.6) is 0 Å². The van der Waals surface area contributed by atoms with E-state index >= 15 is 0 Å². The van der Waals surface area contributed by atoms with E-state index in [0.717, 1.165) is 6.07 Å². The van der Waals surface area contributed by atoms with Gasteiger partial charge in [-0.15, -0.1) is 0 Å². The lowest BCUT2D eigenvalue weighted by Gasteiger charge is -2.34. The van der Waals surface area contributed by atoms with Crippen LogP contribution in [0.2, 0.25) is 0 Å². The van der Waals surface area contributed by atoms with Crippen molar-refractivity contribution in [3.63, 3.8) is 0 Å². The Balaban J connectivity index is 3.29. The van der Waals surface area contributed by atoms with Gasteiger partial charge in [0.1, 0.15) is 0 Å². The first-order valence-electron chi connectivity index (χ1n) is 6.58. The Labute approximate surface area is 126 Å². The van der Waals surface area contributed by atoms with E-state index in [9.17, 15) is 39.5 Å². The molecule has 0 unspecified atom stereocenters. The van der Waals surface area contributed by atoms with Crippen molar-refractivity contribution in [3.8, 4) is 0 Å². The molecule has 0 saturated heterocycles. The van der Waals surface area contributed by atoms with Crippen LogP contribution in [0.15, 0.2) is 24.3 Å². The van der Waals surface area contributed by atoms with Crippen molar-refractivity contribution in [1.82, 2.24) is 0 Å². The van der Waals surface area contributed by atoms with Crippen LogP contribution >= 0.6 is 0 Å². The van der Waals surface area contributed by atoms with E-state index in [-0.39, 0.29) is 12.0 Å². The Hall–Kier alpha value is -1.41. The molecule has 0 bridgehead atoms. The Morgan fingerprint density at radius 3 is 1.87 bits per heavy atom. The molecule has 0 nitrogen and oxygen atoms in total. The van der Waals surface area contributed by atoms with Gasteiger partial charge in [0.05, 0.1) is 0 Å². The summed E-state index contributed by atoms with van der Waals surface area (Å²) >= 11 is 0. The van der Waals surface area contributed by atoms with Crippen molar-refractivity contribution in [1.29, 1.82) is 0 Å².